The van der Waals surface area contributed by atoms with Crippen LogP contribution in [0.5, 0.6) is 0 Å². The van der Waals surface area contributed by atoms with Gasteiger partial charge in [0, 0.05) is 11.6 Å². The van der Waals surface area contributed by atoms with Crippen molar-refractivity contribution in [1.29, 1.82) is 0 Å². The normalized spacial score (nSPS) is 11.2. The minimum atomic E-state index is -0.312. The van der Waals surface area contributed by atoms with Crippen molar-refractivity contribution < 1.29 is 0 Å². The van der Waals surface area contributed by atoms with Crippen molar-refractivity contribution in [3.05, 3.63) is 59.1 Å². The molecule has 0 amide bonds. The van der Waals surface area contributed by atoms with Crippen LogP contribution < -0.4 is 5.69 Å². The van der Waals surface area contributed by atoms with Crippen LogP contribution in [-0.4, -0.2) is 24.6 Å². The summed E-state index contributed by atoms with van der Waals surface area (Å²) in [6.07, 6.45) is 1.67. The summed E-state index contributed by atoms with van der Waals surface area (Å²) < 4.78 is 1.27. The SMILES string of the molecule is O=c1[nH]c2ccccc2c2nc(-c3ccccn3)nn12. The third-order valence-corrected chi connectivity index (χ3v) is 3.10. The number of rotatable bonds is 1. The van der Waals surface area contributed by atoms with E-state index in [2.05, 4.69) is 20.1 Å². The molecule has 3 aromatic heterocycles. The molecule has 4 aromatic rings. The zero-order chi connectivity index (χ0) is 13.5. The van der Waals surface area contributed by atoms with Crippen LogP contribution in [0.3, 0.4) is 0 Å². The fourth-order valence-corrected chi connectivity index (χ4v) is 2.19. The van der Waals surface area contributed by atoms with Gasteiger partial charge in [0.15, 0.2) is 5.65 Å². The molecule has 0 aliphatic carbocycles. The van der Waals surface area contributed by atoms with Gasteiger partial charge in [-0.25, -0.2) is 9.78 Å². The van der Waals surface area contributed by atoms with Crippen LogP contribution in [-0.2, 0) is 0 Å². The van der Waals surface area contributed by atoms with Crippen LogP contribution in [0, 0.1) is 0 Å². The molecule has 0 radical (unpaired) electrons. The van der Waals surface area contributed by atoms with Gasteiger partial charge in [-0.15, -0.1) is 5.10 Å². The van der Waals surface area contributed by atoms with Gasteiger partial charge in [-0.3, -0.25) is 4.98 Å². The van der Waals surface area contributed by atoms with Gasteiger partial charge in [-0.2, -0.15) is 4.52 Å². The Morgan fingerprint density at radius 2 is 1.90 bits per heavy atom. The molecule has 0 fully saturated rings. The smallest absolute Gasteiger partial charge is 0.305 e. The average molecular weight is 263 g/mol. The molecule has 4 rings (SSSR count). The van der Waals surface area contributed by atoms with Gasteiger partial charge >= 0.3 is 5.69 Å². The van der Waals surface area contributed by atoms with Gasteiger partial charge in [0.05, 0.1) is 5.52 Å². The van der Waals surface area contributed by atoms with Crippen LogP contribution in [0.4, 0.5) is 0 Å². The number of aromatic nitrogens is 5. The largest absolute Gasteiger partial charge is 0.348 e. The Labute approximate surface area is 112 Å². The summed E-state index contributed by atoms with van der Waals surface area (Å²) >= 11 is 0. The van der Waals surface area contributed by atoms with E-state index in [1.54, 1.807) is 6.20 Å². The summed E-state index contributed by atoms with van der Waals surface area (Å²) in [6.45, 7) is 0. The van der Waals surface area contributed by atoms with E-state index < -0.39 is 0 Å². The molecule has 0 aliphatic rings. The maximum atomic E-state index is 12.0. The van der Waals surface area contributed by atoms with E-state index in [1.807, 2.05) is 42.5 Å². The molecule has 3 heterocycles. The Bertz CT molecular complexity index is 971. The summed E-state index contributed by atoms with van der Waals surface area (Å²) in [5, 5.41) is 5.08. The third-order valence-electron chi connectivity index (χ3n) is 3.10. The van der Waals surface area contributed by atoms with Crippen molar-refractivity contribution in [1.82, 2.24) is 24.6 Å². The number of pyridine rings is 1. The second-order valence-corrected chi connectivity index (χ2v) is 4.36. The van der Waals surface area contributed by atoms with E-state index >= 15 is 0 Å². The van der Waals surface area contributed by atoms with Gasteiger partial charge in [-0.1, -0.05) is 18.2 Å². The lowest BCUT2D eigenvalue weighted by atomic mass is 10.2. The molecule has 96 valence electrons. The van der Waals surface area contributed by atoms with E-state index in [-0.39, 0.29) is 5.69 Å². The highest BCUT2D eigenvalue weighted by Gasteiger charge is 2.12. The first-order valence-electron chi connectivity index (χ1n) is 6.12. The predicted molar refractivity (Wildman–Crippen MR) is 74.3 cm³/mol. The fraction of sp³-hybridized carbons (Fsp3) is 0. The number of nitrogens with zero attached hydrogens (tertiary/aromatic N) is 4. The first-order valence-corrected chi connectivity index (χ1v) is 6.12. The molecule has 0 aliphatic heterocycles. The van der Waals surface area contributed by atoms with Gasteiger partial charge < -0.3 is 4.98 Å². The van der Waals surface area contributed by atoms with Gasteiger partial charge in [0.25, 0.3) is 0 Å². The molecule has 6 heteroatoms. The number of nitrogens with one attached hydrogen (secondary N) is 1. The first kappa shape index (κ1) is 10.9. The molecular weight excluding hydrogens is 254 g/mol. The van der Waals surface area contributed by atoms with Crippen molar-refractivity contribution in [3.63, 3.8) is 0 Å². The summed E-state index contributed by atoms with van der Waals surface area (Å²) in [4.78, 5) is 23.4. The van der Waals surface area contributed by atoms with Crippen molar-refractivity contribution in [3.8, 4) is 11.5 Å². The zero-order valence-corrected chi connectivity index (χ0v) is 10.3. The molecule has 0 saturated heterocycles. The molecule has 1 aromatic carbocycles. The van der Waals surface area contributed by atoms with Crippen molar-refractivity contribution in [2.45, 2.75) is 0 Å². The summed E-state index contributed by atoms with van der Waals surface area (Å²) in [6, 6.07) is 13.0. The molecule has 20 heavy (non-hydrogen) atoms. The number of benzene rings is 1. The maximum Gasteiger partial charge on any atom is 0.348 e. The molecule has 0 saturated carbocycles. The zero-order valence-electron chi connectivity index (χ0n) is 10.3. The topological polar surface area (TPSA) is 75.9 Å². The minimum Gasteiger partial charge on any atom is -0.305 e. The molecule has 0 bridgehead atoms. The Morgan fingerprint density at radius 1 is 1.05 bits per heavy atom. The average Bonchev–Trinajstić information content (AvgIpc) is 2.94. The number of fused-ring (bicyclic) bond motifs is 3. The lowest BCUT2D eigenvalue weighted by molar-refractivity contribution is 0.883. The first-order chi connectivity index (χ1) is 9.83. The highest BCUT2D eigenvalue weighted by molar-refractivity contribution is 5.91. The highest BCUT2D eigenvalue weighted by atomic mass is 16.1. The van der Waals surface area contributed by atoms with E-state index in [4.69, 9.17) is 0 Å². The molecule has 6 nitrogen and oxygen atoms in total. The standard InChI is InChI=1S/C14H9N5O/c20-14-16-10-6-2-1-5-9(10)13-17-12(18-19(13)14)11-7-3-4-8-15-11/h1-8H,(H,16,20). The summed E-state index contributed by atoms with van der Waals surface area (Å²) in [7, 11) is 0. The summed E-state index contributed by atoms with van der Waals surface area (Å²) in [5.41, 5.74) is 1.60. The quantitative estimate of drug-likeness (QED) is 0.566. The second kappa shape index (κ2) is 3.99. The number of hydrogen-bond donors (Lipinski definition) is 1. The lowest BCUT2D eigenvalue weighted by Crippen LogP contribution is -2.17. The minimum absolute atomic E-state index is 0.312. The molecular formula is C14H9N5O. The van der Waals surface area contributed by atoms with Crippen LogP contribution in [0.15, 0.2) is 53.5 Å². The van der Waals surface area contributed by atoms with Crippen LogP contribution in [0.1, 0.15) is 0 Å². The monoisotopic (exact) mass is 263 g/mol. The van der Waals surface area contributed by atoms with Crippen LogP contribution in [0.2, 0.25) is 0 Å². The molecule has 1 N–H and O–H groups in total. The third kappa shape index (κ3) is 1.51. The summed E-state index contributed by atoms with van der Waals surface area (Å²) in [5.74, 6) is 0.437. The van der Waals surface area contributed by atoms with Crippen LogP contribution in [0.25, 0.3) is 28.1 Å². The van der Waals surface area contributed by atoms with Crippen molar-refractivity contribution in [2.75, 3.05) is 0 Å². The Morgan fingerprint density at radius 3 is 2.75 bits per heavy atom. The van der Waals surface area contributed by atoms with Gasteiger partial charge in [-0.05, 0) is 24.3 Å². The maximum absolute atomic E-state index is 12.0. The molecule has 0 unspecified atom stereocenters. The Kier molecular flexibility index (Phi) is 2.17. The van der Waals surface area contributed by atoms with Gasteiger partial charge in [0.1, 0.15) is 5.69 Å². The molecule has 0 spiro atoms. The van der Waals surface area contributed by atoms with Crippen molar-refractivity contribution >= 4 is 16.6 Å². The Hall–Kier alpha value is -3.02. The van der Waals surface area contributed by atoms with Crippen molar-refractivity contribution in [2.24, 2.45) is 0 Å². The Balaban J connectivity index is 2.11. The van der Waals surface area contributed by atoms with Crippen LogP contribution >= 0.6 is 0 Å². The highest BCUT2D eigenvalue weighted by Crippen LogP contribution is 2.17. The number of hydrogen-bond acceptors (Lipinski definition) is 4. The fourth-order valence-electron chi connectivity index (χ4n) is 2.19. The van der Waals surface area contributed by atoms with E-state index in [9.17, 15) is 4.79 Å². The number of para-hydroxylation sites is 1. The molecule has 0 atom stereocenters. The van der Waals surface area contributed by atoms with E-state index in [0.717, 1.165) is 10.9 Å². The number of H-pyrrole nitrogens is 1. The second-order valence-electron chi connectivity index (χ2n) is 4.36. The van der Waals surface area contributed by atoms with E-state index in [1.165, 1.54) is 4.52 Å². The predicted octanol–water partition coefficient (Wildman–Crippen LogP) is 1.63. The van der Waals surface area contributed by atoms with E-state index in [0.29, 0.717) is 17.2 Å². The van der Waals surface area contributed by atoms with Gasteiger partial charge in [0.2, 0.25) is 5.82 Å². The lowest BCUT2D eigenvalue weighted by Gasteiger charge is -1.97. The number of aromatic amines is 1.